The van der Waals surface area contributed by atoms with Crippen LogP contribution in [0.25, 0.3) is 0 Å². The molecule has 1 aliphatic carbocycles. The Bertz CT molecular complexity index is 1060. The van der Waals surface area contributed by atoms with E-state index in [2.05, 4.69) is 19.3 Å². The molecular formula is C30H40N2O6. The van der Waals surface area contributed by atoms with E-state index in [0.717, 1.165) is 23.1 Å². The van der Waals surface area contributed by atoms with Crippen LogP contribution in [0.5, 0.6) is 0 Å². The maximum atomic E-state index is 14.2. The van der Waals surface area contributed by atoms with E-state index < -0.39 is 30.3 Å². The van der Waals surface area contributed by atoms with E-state index in [1.54, 1.807) is 0 Å². The summed E-state index contributed by atoms with van der Waals surface area (Å²) in [6.07, 6.45) is 0.334. The third-order valence-corrected chi connectivity index (χ3v) is 7.36. The number of ether oxygens (including phenoxy) is 2. The molecule has 0 radical (unpaired) electrons. The summed E-state index contributed by atoms with van der Waals surface area (Å²) in [4.78, 5) is 27.2. The number of fused-ring (bicyclic) bond motifs is 1. The number of benzene rings is 2. The van der Waals surface area contributed by atoms with E-state index >= 15 is 0 Å². The number of aliphatic hydroxyl groups excluding tert-OH is 2. The Kier molecular flexibility index (Phi) is 9.77. The second-order valence-electron chi connectivity index (χ2n) is 10.9. The topological polar surface area (TPSA) is 108 Å². The molecule has 206 valence electrons. The molecule has 0 saturated carbocycles. The maximum absolute atomic E-state index is 14.2. The number of aliphatic hydroxyl groups is 2. The molecule has 0 spiro atoms. The number of hydrazine groups is 1. The fraction of sp³-hybridized carbons (Fsp3) is 0.533. The Morgan fingerprint density at radius 2 is 1.84 bits per heavy atom. The van der Waals surface area contributed by atoms with Gasteiger partial charge in [-0.25, -0.2) is 15.2 Å². The van der Waals surface area contributed by atoms with Crippen LogP contribution in [0.4, 0.5) is 4.79 Å². The van der Waals surface area contributed by atoms with Gasteiger partial charge in [0.05, 0.1) is 25.4 Å². The highest BCUT2D eigenvalue weighted by atomic mass is 16.6. The third-order valence-electron chi connectivity index (χ3n) is 7.36. The SMILES string of the molecule is CC(C)CC[C@H](O)C[C@@H](Cc1ccccc1)C(=O)N(NC(=O)O[C@H]1CCOC1)[C@H]1c2ccccc2C[C@H]1O. The summed E-state index contributed by atoms with van der Waals surface area (Å²) < 4.78 is 10.8. The highest BCUT2D eigenvalue weighted by Crippen LogP contribution is 2.36. The van der Waals surface area contributed by atoms with Gasteiger partial charge in [0.15, 0.2) is 0 Å². The first-order valence-electron chi connectivity index (χ1n) is 13.7. The summed E-state index contributed by atoms with van der Waals surface area (Å²) in [6.45, 7) is 5.04. The highest BCUT2D eigenvalue weighted by molar-refractivity contribution is 5.82. The molecule has 0 aromatic heterocycles. The minimum Gasteiger partial charge on any atom is -0.442 e. The van der Waals surface area contributed by atoms with Gasteiger partial charge in [-0.2, -0.15) is 0 Å². The van der Waals surface area contributed by atoms with Crippen molar-refractivity contribution in [3.63, 3.8) is 0 Å². The zero-order chi connectivity index (χ0) is 27.1. The third kappa shape index (κ3) is 7.34. The number of rotatable bonds is 10. The predicted molar refractivity (Wildman–Crippen MR) is 143 cm³/mol. The van der Waals surface area contributed by atoms with Crippen molar-refractivity contribution in [2.24, 2.45) is 11.8 Å². The van der Waals surface area contributed by atoms with Gasteiger partial charge >= 0.3 is 6.09 Å². The molecular weight excluding hydrogens is 484 g/mol. The van der Waals surface area contributed by atoms with Gasteiger partial charge in [-0.3, -0.25) is 4.79 Å². The van der Waals surface area contributed by atoms with Gasteiger partial charge < -0.3 is 19.7 Å². The minimum atomic E-state index is -0.894. The Labute approximate surface area is 224 Å². The number of carbonyl (C=O) groups excluding carboxylic acids is 2. The summed E-state index contributed by atoms with van der Waals surface area (Å²) in [6, 6.07) is 16.4. The van der Waals surface area contributed by atoms with E-state index in [4.69, 9.17) is 9.47 Å². The number of nitrogens with one attached hydrogen (secondary N) is 1. The van der Waals surface area contributed by atoms with Gasteiger partial charge in [-0.1, -0.05) is 68.4 Å². The minimum absolute atomic E-state index is 0.245. The van der Waals surface area contributed by atoms with Crippen LogP contribution in [0.15, 0.2) is 54.6 Å². The van der Waals surface area contributed by atoms with E-state index in [-0.39, 0.29) is 18.4 Å². The summed E-state index contributed by atoms with van der Waals surface area (Å²) in [7, 11) is 0. The van der Waals surface area contributed by atoms with Crippen LogP contribution in [-0.2, 0) is 27.1 Å². The molecule has 3 N–H and O–H groups in total. The van der Waals surface area contributed by atoms with Gasteiger partial charge in [-0.05, 0) is 48.3 Å². The van der Waals surface area contributed by atoms with Crippen LogP contribution in [0, 0.1) is 11.8 Å². The molecule has 4 rings (SSSR count). The van der Waals surface area contributed by atoms with Crippen molar-refractivity contribution in [3.8, 4) is 0 Å². The second kappa shape index (κ2) is 13.2. The molecule has 1 saturated heterocycles. The molecule has 0 unspecified atom stereocenters. The lowest BCUT2D eigenvalue weighted by Crippen LogP contribution is -2.53. The van der Waals surface area contributed by atoms with E-state index in [1.165, 1.54) is 5.01 Å². The van der Waals surface area contributed by atoms with Crippen LogP contribution in [0.2, 0.25) is 0 Å². The van der Waals surface area contributed by atoms with Gasteiger partial charge in [0, 0.05) is 18.8 Å². The van der Waals surface area contributed by atoms with Crippen molar-refractivity contribution < 1.29 is 29.3 Å². The lowest BCUT2D eigenvalue weighted by molar-refractivity contribution is -0.145. The van der Waals surface area contributed by atoms with Crippen LogP contribution in [0.1, 0.15) is 62.3 Å². The first kappa shape index (κ1) is 28.1. The van der Waals surface area contributed by atoms with Crippen LogP contribution in [0.3, 0.4) is 0 Å². The monoisotopic (exact) mass is 524 g/mol. The molecule has 8 nitrogen and oxygen atoms in total. The summed E-state index contributed by atoms with van der Waals surface area (Å²) in [5, 5.41) is 23.2. The van der Waals surface area contributed by atoms with Crippen molar-refractivity contribution in [2.45, 2.75) is 76.7 Å². The molecule has 1 fully saturated rings. The van der Waals surface area contributed by atoms with Crippen molar-refractivity contribution in [2.75, 3.05) is 13.2 Å². The number of nitrogens with zero attached hydrogens (tertiary/aromatic N) is 1. The molecule has 2 aliphatic rings. The normalized spacial score (nSPS) is 22.1. The molecule has 0 bridgehead atoms. The van der Waals surface area contributed by atoms with Crippen LogP contribution < -0.4 is 5.43 Å². The zero-order valence-electron chi connectivity index (χ0n) is 22.3. The Hall–Kier alpha value is -2.94. The van der Waals surface area contributed by atoms with E-state index in [9.17, 15) is 19.8 Å². The maximum Gasteiger partial charge on any atom is 0.426 e. The largest absolute Gasteiger partial charge is 0.442 e. The first-order chi connectivity index (χ1) is 18.3. The second-order valence-corrected chi connectivity index (χ2v) is 10.9. The van der Waals surface area contributed by atoms with Crippen molar-refractivity contribution in [1.82, 2.24) is 10.4 Å². The van der Waals surface area contributed by atoms with E-state index in [0.29, 0.717) is 44.8 Å². The molecule has 2 aromatic carbocycles. The van der Waals surface area contributed by atoms with Gasteiger partial charge in [-0.15, -0.1) is 0 Å². The van der Waals surface area contributed by atoms with Gasteiger partial charge in [0.2, 0.25) is 5.91 Å². The Balaban J connectivity index is 1.61. The quantitative estimate of drug-likeness (QED) is 0.406. The first-order valence-corrected chi connectivity index (χ1v) is 13.7. The number of hydrogen-bond acceptors (Lipinski definition) is 6. The van der Waals surface area contributed by atoms with Crippen molar-refractivity contribution in [3.05, 3.63) is 71.3 Å². The molecule has 2 amide bonds. The smallest absolute Gasteiger partial charge is 0.426 e. The fourth-order valence-corrected chi connectivity index (χ4v) is 5.35. The highest BCUT2D eigenvalue weighted by Gasteiger charge is 2.41. The summed E-state index contributed by atoms with van der Waals surface area (Å²) in [5.74, 6) is -0.543. The number of carbonyl (C=O) groups is 2. The predicted octanol–water partition coefficient (Wildman–Crippen LogP) is 3.95. The molecule has 38 heavy (non-hydrogen) atoms. The fourth-order valence-electron chi connectivity index (χ4n) is 5.35. The average Bonchev–Trinajstić information content (AvgIpc) is 3.52. The van der Waals surface area contributed by atoms with Crippen LogP contribution >= 0.6 is 0 Å². The number of amides is 2. The van der Waals surface area contributed by atoms with Crippen LogP contribution in [-0.4, -0.2) is 58.7 Å². The zero-order valence-corrected chi connectivity index (χ0v) is 22.3. The lowest BCUT2D eigenvalue weighted by atomic mass is 9.89. The summed E-state index contributed by atoms with van der Waals surface area (Å²) >= 11 is 0. The Morgan fingerprint density at radius 3 is 2.55 bits per heavy atom. The summed E-state index contributed by atoms with van der Waals surface area (Å²) in [5.41, 5.74) is 5.35. The Morgan fingerprint density at radius 1 is 1.11 bits per heavy atom. The molecule has 8 heteroatoms. The number of hydrogen-bond donors (Lipinski definition) is 3. The molecule has 2 aromatic rings. The molecule has 1 aliphatic heterocycles. The molecule has 1 heterocycles. The molecule has 5 atom stereocenters. The van der Waals surface area contributed by atoms with E-state index in [1.807, 2.05) is 54.6 Å². The lowest BCUT2D eigenvalue weighted by Gasteiger charge is -2.35. The van der Waals surface area contributed by atoms with Gasteiger partial charge in [0.25, 0.3) is 0 Å². The van der Waals surface area contributed by atoms with Crippen molar-refractivity contribution in [1.29, 1.82) is 0 Å². The van der Waals surface area contributed by atoms with Gasteiger partial charge in [0.1, 0.15) is 12.1 Å². The average molecular weight is 525 g/mol. The van der Waals surface area contributed by atoms with Crippen molar-refractivity contribution >= 4 is 12.0 Å². The standard InChI is InChI=1S/C30H40N2O6/c1-20(2)12-13-24(33)17-23(16-21-8-4-3-5-9-21)29(35)32(31-30(36)38-25-14-15-37-19-25)28-26-11-7-6-10-22(26)18-27(28)34/h3-11,20,23-25,27-28,33-34H,12-19H2,1-2H3,(H,31,36)/t23-,24+,25+,27-,28+/m1/s1.